The Kier molecular flexibility index (Phi) is 3.60. The van der Waals surface area contributed by atoms with Gasteiger partial charge in [0.2, 0.25) is 10.0 Å². The van der Waals surface area contributed by atoms with Crippen molar-refractivity contribution in [2.24, 2.45) is 0 Å². The van der Waals surface area contributed by atoms with E-state index < -0.39 is 10.0 Å². The quantitative estimate of drug-likeness (QED) is 0.838. The summed E-state index contributed by atoms with van der Waals surface area (Å²) in [7, 11) is -3.28. The van der Waals surface area contributed by atoms with Crippen LogP contribution in [0.3, 0.4) is 0 Å². The number of fused-ring (bicyclic) bond motifs is 1. The zero-order valence-corrected chi connectivity index (χ0v) is 12.0. The maximum Gasteiger partial charge on any atom is 0.243 e. The molecule has 4 nitrogen and oxygen atoms in total. The molecule has 1 aliphatic heterocycles. The Hall–Kier alpha value is -0.910. The van der Waals surface area contributed by atoms with E-state index in [9.17, 15) is 8.42 Å². The molecular weight excluding hydrogens is 260 g/mol. The Bertz CT molecular complexity index is 563. The van der Waals surface area contributed by atoms with Crippen LogP contribution in [0.15, 0.2) is 23.1 Å². The number of sulfonamides is 1. The van der Waals surface area contributed by atoms with Crippen LogP contribution >= 0.6 is 0 Å². The molecule has 5 heteroatoms. The molecule has 0 radical (unpaired) electrons. The van der Waals surface area contributed by atoms with Crippen molar-refractivity contribution in [2.75, 3.05) is 26.2 Å². The molecule has 1 aromatic rings. The molecule has 0 amide bonds. The van der Waals surface area contributed by atoms with Crippen molar-refractivity contribution < 1.29 is 13.7 Å². The fraction of sp³-hybridized carbons (Fsp3) is 0.571. The summed E-state index contributed by atoms with van der Waals surface area (Å²) < 4.78 is 26.8. The topological polar surface area (TPSA) is 54.0 Å². The molecule has 0 unspecified atom stereocenters. The van der Waals surface area contributed by atoms with Crippen LogP contribution in [0.1, 0.15) is 24.0 Å². The van der Waals surface area contributed by atoms with E-state index in [4.69, 9.17) is 0 Å². The lowest BCUT2D eigenvalue weighted by atomic mass is 9.92. The van der Waals surface area contributed by atoms with Gasteiger partial charge in [-0.05, 0) is 48.9 Å². The predicted octanol–water partition coefficient (Wildman–Crippen LogP) is 0.133. The fourth-order valence-electron chi connectivity index (χ4n) is 2.99. The second kappa shape index (κ2) is 5.23. The monoisotopic (exact) mass is 281 g/mol. The number of rotatable bonds is 2. The summed E-state index contributed by atoms with van der Waals surface area (Å²) in [5, 5.41) is 2.17. The number of aryl methyl sites for hydroxylation is 2. The van der Waals surface area contributed by atoms with E-state index in [2.05, 4.69) is 5.32 Å². The first-order chi connectivity index (χ1) is 9.18. The molecule has 2 N–H and O–H groups in total. The van der Waals surface area contributed by atoms with E-state index in [-0.39, 0.29) is 0 Å². The van der Waals surface area contributed by atoms with Gasteiger partial charge in [0.15, 0.2) is 0 Å². The van der Waals surface area contributed by atoms with Crippen LogP contribution in [0.4, 0.5) is 0 Å². The Morgan fingerprint density at radius 1 is 1.00 bits per heavy atom. The Labute approximate surface area is 114 Å². The van der Waals surface area contributed by atoms with Crippen molar-refractivity contribution in [3.05, 3.63) is 29.3 Å². The SMILES string of the molecule is O=S(=O)(c1ccc2c(c1)CCCC2)N1CC[NH2+]CC1. The van der Waals surface area contributed by atoms with Gasteiger partial charge in [0.05, 0.1) is 31.1 Å². The van der Waals surface area contributed by atoms with Crippen molar-refractivity contribution in [3.63, 3.8) is 0 Å². The van der Waals surface area contributed by atoms with Crippen molar-refractivity contribution in [3.8, 4) is 0 Å². The van der Waals surface area contributed by atoms with Crippen LogP contribution in [-0.4, -0.2) is 38.9 Å². The normalized spacial score (nSPS) is 21.1. The van der Waals surface area contributed by atoms with Gasteiger partial charge in [-0.15, -0.1) is 0 Å². The molecule has 0 atom stereocenters. The molecule has 1 fully saturated rings. The van der Waals surface area contributed by atoms with E-state index >= 15 is 0 Å². The molecule has 2 aliphatic rings. The van der Waals surface area contributed by atoms with Gasteiger partial charge in [-0.2, -0.15) is 4.31 Å². The third kappa shape index (κ3) is 2.55. The predicted molar refractivity (Wildman–Crippen MR) is 73.5 cm³/mol. The second-order valence-electron chi connectivity index (χ2n) is 5.41. The van der Waals surface area contributed by atoms with Gasteiger partial charge in [0.1, 0.15) is 0 Å². The summed E-state index contributed by atoms with van der Waals surface area (Å²) in [6.07, 6.45) is 4.51. The smallest absolute Gasteiger partial charge is 0.243 e. The van der Waals surface area contributed by atoms with Crippen molar-refractivity contribution in [1.29, 1.82) is 0 Å². The average molecular weight is 281 g/mol. The summed E-state index contributed by atoms with van der Waals surface area (Å²) in [5.41, 5.74) is 2.56. The lowest BCUT2D eigenvalue weighted by Crippen LogP contribution is -2.89. The Morgan fingerprint density at radius 2 is 1.68 bits per heavy atom. The molecule has 0 spiro atoms. The number of hydrogen-bond acceptors (Lipinski definition) is 2. The first-order valence-electron chi connectivity index (χ1n) is 7.11. The molecular formula is C14H21N2O2S+. The first-order valence-corrected chi connectivity index (χ1v) is 8.55. The van der Waals surface area contributed by atoms with Gasteiger partial charge < -0.3 is 5.32 Å². The highest BCUT2D eigenvalue weighted by Crippen LogP contribution is 2.25. The second-order valence-corrected chi connectivity index (χ2v) is 7.35. The maximum absolute atomic E-state index is 12.6. The van der Waals surface area contributed by atoms with E-state index in [0.717, 1.165) is 25.9 Å². The molecule has 0 aromatic heterocycles. The molecule has 104 valence electrons. The van der Waals surface area contributed by atoms with Gasteiger partial charge >= 0.3 is 0 Å². The molecule has 1 heterocycles. The summed E-state index contributed by atoms with van der Waals surface area (Å²) in [6.45, 7) is 2.98. The standard InChI is InChI=1S/C14H20N2O2S/c17-19(18,16-9-7-15-8-10-16)14-6-5-12-3-1-2-4-13(12)11-14/h5-6,11,15H,1-4,7-10H2/p+1. The first kappa shape index (κ1) is 13.1. The van der Waals surface area contributed by atoms with Gasteiger partial charge in [0, 0.05) is 0 Å². The molecule has 19 heavy (non-hydrogen) atoms. The maximum atomic E-state index is 12.6. The van der Waals surface area contributed by atoms with Crippen LogP contribution in [0.5, 0.6) is 0 Å². The number of quaternary nitrogens is 1. The molecule has 1 aliphatic carbocycles. The lowest BCUT2D eigenvalue weighted by molar-refractivity contribution is -0.661. The van der Waals surface area contributed by atoms with Gasteiger partial charge in [-0.3, -0.25) is 0 Å². The fourth-order valence-corrected chi connectivity index (χ4v) is 4.51. The molecule has 0 saturated carbocycles. The van der Waals surface area contributed by atoms with E-state index in [1.807, 2.05) is 12.1 Å². The van der Waals surface area contributed by atoms with Crippen LogP contribution in [0, 0.1) is 0 Å². The third-order valence-electron chi connectivity index (χ3n) is 4.12. The summed E-state index contributed by atoms with van der Waals surface area (Å²) >= 11 is 0. The van der Waals surface area contributed by atoms with Crippen molar-refractivity contribution >= 4 is 10.0 Å². The minimum Gasteiger partial charge on any atom is -0.344 e. The molecule has 0 bridgehead atoms. The number of nitrogens with two attached hydrogens (primary N) is 1. The summed E-state index contributed by atoms with van der Waals surface area (Å²) in [5.74, 6) is 0. The minimum atomic E-state index is -3.28. The van der Waals surface area contributed by atoms with Crippen LogP contribution < -0.4 is 5.32 Å². The van der Waals surface area contributed by atoms with Crippen LogP contribution in [0.25, 0.3) is 0 Å². The number of nitrogens with zero attached hydrogens (tertiary/aromatic N) is 1. The highest BCUT2D eigenvalue weighted by Gasteiger charge is 2.27. The third-order valence-corrected chi connectivity index (χ3v) is 6.02. The highest BCUT2D eigenvalue weighted by molar-refractivity contribution is 7.89. The number of piperazine rings is 1. The van der Waals surface area contributed by atoms with Crippen molar-refractivity contribution in [2.45, 2.75) is 30.6 Å². The van der Waals surface area contributed by atoms with Crippen molar-refractivity contribution in [1.82, 2.24) is 4.31 Å². The van der Waals surface area contributed by atoms with E-state index in [1.54, 1.807) is 10.4 Å². The molecule has 3 rings (SSSR count). The van der Waals surface area contributed by atoms with Gasteiger partial charge in [-0.25, -0.2) is 8.42 Å². The van der Waals surface area contributed by atoms with E-state index in [1.165, 1.54) is 24.0 Å². The summed E-state index contributed by atoms with van der Waals surface area (Å²) in [4.78, 5) is 0.482. The van der Waals surface area contributed by atoms with Gasteiger partial charge in [-0.1, -0.05) is 6.07 Å². The summed E-state index contributed by atoms with van der Waals surface area (Å²) in [6, 6.07) is 5.71. The number of hydrogen-bond donors (Lipinski definition) is 1. The highest BCUT2D eigenvalue weighted by atomic mass is 32.2. The van der Waals surface area contributed by atoms with Gasteiger partial charge in [0.25, 0.3) is 0 Å². The number of benzene rings is 1. The zero-order valence-electron chi connectivity index (χ0n) is 11.1. The lowest BCUT2D eigenvalue weighted by Gasteiger charge is -2.25. The Balaban J connectivity index is 1.92. The van der Waals surface area contributed by atoms with E-state index in [0.29, 0.717) is 18.0 Å². The largest absolute Gasteiger partial charge is 0.344 e. The Morgan fingerprint density at radius 3 is 2.42 bits per heavy atom. The average Bonchev–Trinajstić information content (AvgIpc) is 2.47. The van der Waals surface area contributed by atoms with Crippen LogP contribution in [-0.2, 0) is 22.9 Å². The molecule has 1 aromatic carbocycles. The van der Waals surface area contributed by atoms with Crippen LogP contribution in [0.2, 0.25) is 0 Å². The zero-order chi connectivity index (χ0) is 13.3. The molecule has 1 saturated heterocycles. The minimum absolute atomic E-state index is 0.482.